The van der Waals surface area contributed by atoms with Gasteiger partial charge >= 0.3 is 0 Å². The highest BCUT2D eigenvalue weighted by molar-refractivity contribution is 9.09. The minimum atomic E-state index is 0.0818. The van der Waals surface area contributed by atoms with Gasteiger partial charge in [0.25, 0.3) is 0 Å². The Morgan fingerprint density at radius 1 is 1.38 bits per heavy atom. The van der Waals surface area contributed by atoms with Crippen LogP contribution in [0.25, 0.3) is 5.57 Å². The largest absolute Gasteiger partial charge is 0.295 e. The highest BCUT2D eigenvalue weighted by Gasteiger charge is 1.99. The summed E-state index contributed by atoms with van der Waals surface area (Å²) >= 11 is 3.36. The standard InChI is InChI=1S/C11H11BrO/c1-9(13)7-11(8-12)10-5-3-2-4-6-10/h2-7H,8H2,1H3. The molecule has 1 aromatic carbocycles. The quantitative estimate of drug-likeness (QED) is 0.585. The summed E-state index contributed by atoms with van der Waals surface area (Å²) in [5.74, 6) is 0.0818. The summed E-state index contributed by atoms with van der Waals surface area (Å²) in [6, 6.07) is 9.88. The van der Waals surface area contributed by atoms with Gasteiger partial charge in [-0.3, -0.25) is 4.79 Å². The SMILES string of the molecule is CC(=O)C=C(CBr)c1ccccc1. The molecule has 0 aliphatic carbocycles. The molecule has 0 unspecified atom stereocenters. The molecular formula is C11H11BrO. The Hall–Kier alpha value is -0.890. The van der Waals surface area contributed by atoms with Crippen LogP contribution < -0.4 is 0 Å². The maximum absolute atomic E-state index is 10.9. The molecule has 0 aliphatic rings. The lowest BCUT2D eigenvalue weighted by molar-refractivity contribution is -0.112. The molecule has 2 heteroatoms. The number of alkyl halides is 1. The van der Waals surface area contributed by atoms with Gasteiger partial charge in [-0.25, -0.2) is 0 Å². The van der Waals surface area contributed by atoms with Gasteiger partial charge in [0.2, 0.25) is 0 Å². The Morgan fingerprint density at radius 2 is 2.00 bits per heavy atom. The predicted molar refractivity (Wildman–Crippen MR) is 58.9 cm³/mol. The van der Waals surface area contributed by atoms with Gasteiger partial charge in [-0.2, -0.15) is 0 Å². The summed E-state index contributed by atoms with van der Waals surface area (Å²) in [4.78, 5) is 10.9. The van der Waals surface area contributed by atoms with Gasteiger partial charge in [0.05, 0.1) is 0 Å². The van der Waals surface area contributed by atoms with E-state index >= 15 is 0 Å². The summed E-state index contributed by atoms with van der Waals surface area (Å²) in [6.07, 6.45) is 1.66. The lowest BCUT2D eigenvalue weighted by Gasteiger charge is -2.01. The summed E-state index contributed by atoms with van der Waals surface area (Å²) in [6.45, 7) is 1.56. The van der Waals surface area contributed by atoms with Crippen LogP contribution in [0.1, 0.15) is 12.5 Å². The molecule has 0 heterocycles. The van der Waals surface area contributed by atoms with Crippen LogP contribution in [-0.4, -0.2) is 11.1 Å². The van der Waals surface area contributed by atoms with E-state index in [9.17, 15) is 4.79 Å². The number of ketones is 1. The smallest absolute Gasteiger partial charge is 0.152 e. The first kappa shape index (κ1) is 10.2. The van der Waals surface area contributed by atoms with Crippen LogP contribution in [0.15, 0.2) is 36.4 Å². The first-order valence-corrected chi connectivity index (χ1v) is 5.18. The van der Waals surface area contributed by atoms with Crippen LogP contribution in [0.3, 0.4) is 0 Å². The molecule has 0 N–H and O–H groups in total. The molecule has 1 nitrogen and oxygen atoms in total. The van der Waals surface area contributed by atoms with E-state index in [1.165, 1.54) is 0 Å². The number of carbonyl (C=O) groups excluding carboxylic acids is 1. The molecule has 13 heavy (non-hydrogen) atoms. The maximum Gasteiger partial charge on any atom is 0.152 e. The molecule has 0 amide bonds. The van der Waals surface area contributed by atoms with Crippen molar-refractivity contribution in [2.75, 3.05) is 5.33 Å². The van der Waals surface area contributed by atoms with Gasteiger partial charge in [0.1, 0.15) is 0 Å². The third-order valence-corrected chi connectivity index (χ3v) is 2.27. The second kappa shape index (κ2) is 4.97. The summed E-state index contributed by atoms with van der Waals surface area (Å²) in [5, 5.41) is 0.705. The molecule has 0 fully saturated rings. The molecule has 0 radical (unpaired) electrons. The zero-order valence-electron chi connectivity index (χ0n) is 7.46. The van der Waals surface area contributed by atoms with Gasteiger partial charge in [0, 0.05) is 5.33 Å². The van der Waals surface area contributed by atoms with Crippen molar-refractivity contribution in [1.82, 2.24) is 0 Å². The van der Waals surface area contributed by atoms with Crippen molar-refractivity contribution in [3.8, 4) is 0 Å². The van der Waals surface area contributed by atoms with E-state index in [1.807, 2.05) is 30.3 Å². The van der Waals surface area contributed by atoms with Crippen LogP contribution in [0.2, 0.25) is 0 Å². The second-order valence-corrected chi connectivity index (χ2v) is 3.34. The average molecular weight is 239 g/mol. The first-order valence-electron chi connectivity index (χ1n) is 4.06. The minimum absolute atomic E-state index is 0.0818. The van der Waals surface area contributed by atoms with Crippen LogP contribution in [0.4, 0.5) is 0 Å². The van der Waals surface area contributed by atoms with Gasteiger partial charge in [0.15, 0.2) is 5.78 Å². The van der Waals surface area contributed by atoms with E-state index in [-0.39, 0.29) is 5.78 Å². The van der Waals surface area contributed by atoms with E-state index in [0.717, 1.165) is 11.1 Å². The van der Waals surface area contributed by atoms with Gasteiger partial charge in [-0.1, -0.05) is 46.3 Å². The molecule has 0 saturated carbocycles. The highest BCUT2D eigenvalue weighted by atomic mass is 79.9. The predicted octanol–water partition coefficient (Wildman–Crippen LogP) is 3.05. The average Bonchev–Trinajstić information content (AvgIpc) is 2.15. The zero-order chi connectivity index (χ0) is 9.68. The monoisotopic (exact) mass is 238 g/mol. The van der Waals surface area contributed by atoms with E-state index in [0.29, 0.717) is 5.33 Å². The van der Waals surface area contributed by atoms with Crippen molar-refractivity contribution < 1.29 is 4.79 Å². The number of allylic oxidation sites excluding steroid dienone is 2. The van der Waals surface area contributed by atoms with Gasteiger partial charge in [-0.15, -0.1) is 0 Å². The van der Waals surface area contributed by atoms with E-state index in [2.05, 4.69) is 15.9 Å². The number of benzene rings is 1. The fourth-order valence-electron chi connectivity index (χ4n) is 1.10. The third-order valence-electron chi connectivity index (χ3n) is 1.67. The Bertz CT molecular complexity index is 314. The number of halogens is 1. The van der Waals surface area contributed by atoms with Gasteiger partial charge in [-0.05, 0) is 24.1 Å². The lowest BCUT2D eigenvalue weighted by atomic mass is 10.1. The zero-order valence-corrected chi connectivity index (χ0v) is 9.04. The van der Waals surface area contributed by atoms with Crippen molar-refractivity contribution in [2.24, 2.45) is 0 Å². The van der Waals surface area contributed by atoms with Crippen molar-refractivity contribution >= 4 is 27.3 Å². The lowest BCUT2D eigenvalue weighted by Crippen LogP contribution is -1.90. The summed E-state index contributed by atoms with van der Waals surface area (Å²) in [5.41, 5.74) is 2.11. The van der Waals surface area contributed by atoms with Gasteiger partial charge < -0.3 is 0 Å². The second-order valence-electron chi connectivity index (χ2n) is 2.78. The fourth-order valence-corrected chi connectivity index (χ4v) is 1.58. The summed E-state index contributed by atoms with van der Waals surface area (Å²) < 4.78 is 0. The Kier molecular flexibility index (Phi) is 3.90. The number of carbonyl (C=O) groups is 1. The Balaban J connectivity index is 2.98. The van der Waals surface area contributed by atoms with Crippen LogP contribution in [0, 0.1) is 0 Å². The Morgan fingerprint density at radius 3 is 2.46 bits per heavy atom. The van der Waals surface area contributed by atoms with E-state index in [4.69, 9.17) is 0 Å². The van der Waals surface area contributed by atoms with Crippen LogP contribution >= 0.6 is 15.9 Å². The molecule has 0 spiro atoms. The normalized spacial score (nSPS) is 11.4. The fraction of sp³-hybridized carbons (Fsp3) is 0.182. The molecule has 1 aromatic rings. The van der Waals surface area contributed by atoms with E-state index < -0.39 is 0 Å². The Labute approximate surface area is 86.6 Å². The molecule has 0 saturated heterocycles. The van der Waals surface area contributed by atoms with Crippen LogP contribution in [-0.2, 0) is 4.79 Å². The first-order chi connectivity index (χ1) is 6.24. The molecule has 0 atom stereocenters. The maximum atomic E-state index is 10.9. The van der Waals surface area contributed by atoms with Crippen molar-refractivity contribution in [3.05, 3.63) is 42.0 Å². The summed E-state index contributed by atoms with van der Waals surface area (Å²) in [7, 11) is 0. The number of rotatable bonds is 3. The molecular weight excluding hydrogens is 228 g/mol. The van der Waals surface area contributed by atoms with Crippen molar-refractivity contribution in [1.29, 1.82) is 0 Å². The molecule has 0 aliphatic heterocycles. The number of hydrogen-bond acceptors (Lipinski definition) is 1. The number of hydrogen-bond donors (Lipinski definition) is 0. The van der Waals surface area contributed by atoms with E-state index in [1.54, 1.807) is 13.0 Å². The molecule has 68 valence electrons. The van der Waals surface area contributed by atoms with Crippen LogP contribution in [0.5, 0.6) is 0 Å². The molecule has 0 aromatic heterocycles. The highest BCUT2D eigenvalue weighted by Crippen LogP contribution is 2.15. The molecule has 1 rings (SSSR count). The van der Waals surface area contributed by atoms with Crippen molar-refractivity contribution in [2.45, 2.75) is 6.92 Å². The molecule has 0 bridgehead atoms. The minimum Gasteiger partial charge on any atom is -0.295 e. The van der Waals surface area contributed by atoms with Crippen molar-refractivity contribution in [3.63, 3.8) is 0 Å². The topological polar surface area (TPSA) is 17.1 Å². The third kappa shape index (κ3) is 3.15.